The SMILES string of the molecule is COC(=O)C1CN(S(=O)(=O)c2csc(C(=O)O)c2)CCO1. The summed E-state index contributed by atoms with van der Waals surface area (Å²) in [5.41, 5.74) is 0. The molecule has 10 heteroatoms. The number of carbonyl (C=O) groups excluding carboxylic acids is 1. The first-order valence-electron chi connectivity index (χ1n) is 5.87. The van der Waals surface area contributed by atoms with Gasteiger partial charge in [-0.2, -0.15) is 4.31 Å². The maximum atomic E-state index is 12.4. The van der Waals surface area contributed by atoms with Crippen molar-refractivity contribution < 1.29 is 32.6 Å². The van der Waals surface area contributed by atoms with Gasteiger partial charge in [-0.1, -0.05) is 0 Å². The van der Waals surface area contributed by atoms with Crippen molar-refractivity contribution in [3.8, 4) is 0 Å². The first kappa shape index (κ1) is 15.9. The van der Waals surface area contributed by atoms with Crippen LogP contribution in [0.1, 0.15) is 9.67 Å². The van der Waals surface area contributed by atoms with Crippen molar-refractivity contribution >= 4 is 33.3 Å². The normalized spacial score (nSPS) is 20.1. The molecule has 1 saturated heterocycles. The predicted octanol–water partition coefficient (Wildman–Crippen LogP) is 0.00880. The van der Waals surface area contributed by atoms with E-state index in [2.05, 4.69) is 4.74 Å². The molecule has 0 amide bonds. The first-order chi connectivity index (χ1) is 9.86. The van der Waals surface area contributed by atoms with E-state index in [1.54, 1.807) is 0 Å². The summed E-state index contributed by atoms with van der Waals surface area (Å²) in [6.07, 6.45) is -0.976. The number of methoxy groups -OCH3 is 1. The highest BCUT2D eigenvalue weighted by molar-refractivity contribution is 7.89. The molecule has 1 aromatic rings. The number of morpholine rings is 1. The molecule has 1 N–H and O–H groups in total. The molecule has 1 aliphatic rings. The van der Waals surface area contributed by atoms with Gasteiger partial charge in [-0.3, -0.25) is 0 Å². The number of thiophene rings is 1. The standard InChI is InChI=1S/C11H13NO7S2/c1-18-11(15)8-5-12(2-3-19-8)21(16,17)7-4-9(10(13)14)20-6-7/h4,6,8H,2-3,5H2,1H3,(H,13,14). The summed E-state index contributed by atoms with van der Waals surface area (Å²) in [5.74, 6) is -1.83. The summed E-state index contributed by atoms with van der Waals surface area (Å²) < 4.78 is 35.6. The number of carboxylic acid groups (broad SMARTS) is 1. The number of esters is 1. The molecule has 0 aliphatic carbocycles. The number of carbonyl (C=O) groups is 2. The molecule has 0 saturated carbocycles. The lowest BCUT2D eigenvalue weighted by Crippen LogP contribution is -2.48. The molecule has 1 aliphatic heterocycles. The Morgan fingerprint density at radius 3 is 2.81 bits per heavy atom. The van der Waals surface area contributed by atoms with Gasteiger partial charge >= 0.3 is 11.9 Å². The van der Waals surface area contributed by atoms with Crippen molar-refractivity contribution in [3.05, 3.63) is 16.3 Å². The average molecular weight is 335 g/mol. The van der Waals surface area contributed by atoms with E-state index < -0.39 is 28.1 Å². The van der Waals surface area contributed by atoms with E-state index in [9.17, 15) is 18.0 Å². The van der Waals surface area contributed by atoms with Crippen LogP contribution in [0.4, 0.5) is 0 Å². The van der Waals surface area contributed by atoms with Gasteiger partial charge in [-0.25, -0.2) is 18.0 Å². The zero-order valence-corrected chi connectivity index (χ0v) is 12.6. The second kappa shape index (κ2) is 6.10. The van der Waals surface area contributed by atoms with Crippen molar-refractivity contribution in [1.29, 1.82) is 0 Å². The van der Waals surface area contributed by atoms with Gasteiger partial charge < -0.3 is 14.6 Å². The fraction of sp³-hybridized carbons (Fsp3) is 0.455. The van der Waals surface area contributed by atoms with Gasteiger partial charge in [0.15, 0.2) is 6.10 Å². The Kier molecular flexibility index (Phi) is 4.61. The van der Waals surface area contributed by atoms with Crippen LogP contribution in [0.5, 0.6) is 0 Å². The van der Waals surface area contributed by atoms with E-state index in [0.29, 0.717) is 0 Å². The molecule has 1 atom stereocenters. The van der Waals surface area contributed by atoms with Gasteiger partial charge in [0.1, 0.15) is 4.88 Å². The minimum Gasteiger partial charge on any atom is -0.477 e. The summed E-state index contributed by atoms with van der Waals surface area (Å²) in [4.78, 5) is 22.1. The summed E-state index contributed by atoms with van der Waals surface area (Å²) in [6, 6.07) is 1.10. The van der Waals surface area contributed by atoms with Gasteiger partial charge in [0.05, 0.1) is 25.2 Å². The van der Waals surface area contributed by atoms with Crippen molar-refractivity contribution in [2.24, 2.45) is 0 Å². The van der Waals surface area contributed by atoms with Crippen molar-refractivity contribution in [2.75, 3.05) is 26.8 Å². The van der Waals surface area contributed by atoms with Gasteiger partial charge in [0.2, 0.25) is 10.0 Å². The Morgan fingerprint density at radius 2 is 2.24 bits per heavy atom. The molecule has 0 aromatic carbocycles. The number of hydrogen-bond acceptors (Lipinski definition) is 7. The zero-order valence-electron chi connectivity index (χ0n) is 11.0. The van der Waals surface area contributed by atoms with Crippen molar-refractivity contribution in [1.82, 2.24) is 4.31 Å². The van der Waals surface area contributed by atoms with E-state index in [4.69, 9.17) is 9.84 Å². The number of carboxylic acids is 1. The van der Waals surface area contributed by atoms with Crippen LogP contribution in [0.2, 0.25) is 0 Å². The molecule has 2 heterocycles. The molecule has 1 unspecified atom stereocenters. The van der Waals surface area contributed by atoms with Crippen LogP contribution in [0, 0.1) is 0 Å². The number of aromatic carboxylic acids is 1. The van der Waals surface area contributed by atoms with E-state index in [-0.39, 0.29) is 29.5 Å². The molecular weight excluding hydrogens is 322 g/mol. The second-order valence-corrected chi connectivity index (χ2v) is 7.05. The molecule has 0 bridgehead atoms. The Bertz CT molecular complexity index is 651. The minimum atomic E-state index is -3.86. The predicted molar refractivity (Wildman–Crippen MR) is 71.8 cm³/mol. The lowest BCUT2D eigenvalue weighted by Gasteiger charge is -2.30. The van der Waals surface area contributed by atoms with Gasteiger partial charge in [0, 0.05) is 11.9 Å². The highest BCUT2D eigenvalue weighted by atomic mass is 32.2. The number of ether oxygens (including phenoxy) is 2. The van der Waals surface area contributed by atoms with Crippen LogP contribution >= 0.6 is 11.3 Å². The zero-order chi connectivity index (χ0) is 15.6. The Balaban J connectivity index is 2.22. The van der Waals surface area contributed by atoms with Crippen LogP contribution in [-0.4, -0.2) is 62.7 Å². The fourth-order valence-corrected chi connectivity index (χ4v) is 4.36. The van der Waals surface area contributed by atoms with Crippen LogP contribution in [0.15, 0.2) is 16.3 Å². The van der Waals surface area contributed by atoms with Gasteiger partial charge in [-0.15, -0.1) is 11.3 Å². The first-order valence-corrected chi connectivity index (χ1v) is 8.19. The van der Waals surface area contributed by atoms with Gasteiger partial charge in [-0.05, 0) is 6.07 Å². The largest absolute Gasteiger partial charge is 0.477 e. The molecule has 8 nitrogen and oxygen atoms in total. The monoisotopic (exact) mass is 335 g/mol. The highest BCUT2D eigenvalue weighted by Crippen LogP contribution is 2.24. The molecule has 1 aromatic heterocycles. The Labute approximate surface area is 124 Å². The molecule has 0 radical (unpaired) electrons. The quantitative estimate of drug-likeness (QED) is 0.772. The summed E-state index contributed by atoms with van der Waals surface area (Å²) >= 11 is 0.832. The molecule has 2 rings (SSSR count). The summed E-state index contributed by atoms with van der Waals surface area (Å²) in [7, 11) is -2.67. The van der Waals surface area contributed by atoms with Crippen molar-refractivity contribution in [2.45, 2.75) is 11.0 Å². The van der Waals surface area contributed by atoms with Gasteiger partial charge in [0.25, 0.3) is 0 Å². The maximum Gasteiger partial charge on any atom is 0.345 e. The maximum absolute atomic E-state index is 12.4. The van der Waals surface area contributed by atoms with E-state index >= 15 is 0 Å². The van der Waals surface area contributed by atoms with E-state index in [1.165, 1.54) is 12.5 Å². The summed E-state index contributed by atoms with van der Waals surface area (Å²) in [6.45, 7) is -0.00371. The molecule has 116 valence electrons. The molecule has 0 spiro atoms. The molecular formula is C11H13NO7S2. The second-order valence-electron chi connectivity index (χ2n) is 4.20. The Hall–Kier alpha value is -1.49. The fourth-order valence-electron chi connectivity index (χ4n) is 1.83. The lowest BCUT2D eigenvalue weighted by molar-refractivity contribution is -0.157. The van der Waals surface area contributed by atoms with Crippen LogP contribution < -0.4 is 0 Å². The number of sulfonamides is 1. The van der Waals surface area contributed by atoms with Crippen LogP contribution in [0.25, 0.3) is 0 Å². The third kappa shape index (κ3) is 3.23. The average Bonchev–Trinajstić information content (AvgIpc) is 2.97. The third-order valence-electron chi connectivity index (χ3n) is 2.92. The van der Waals surface area contributed by atoms with Crippen molar-refractivity contribution in [3.63, 3.8) is 0 Å². The summed E-state index contributed by atoms with van der Waals surface area (Å²) in [5, 5.41) is 10.1. The number of nitrogens with zero attached hydrogens (tertiary/aromatic N) is 1. The smallest absolute Gasteiger partial charge is 0.345 e. The van der Waals surface area contributed by atoms with Crippen LogP contribution in [0.3, 0.4) is 0 Å². The topological polar surface area (TPSA) is 110 Å². The van der Waals surface area contributed by atoms with Crippen LogP contribution in [-0.2, 0) is 24.3 Å². The third-order valence-corrected chi connectivity index (χ3v) is 5.83. The van der Waals surface area contributed by atoms with E-state index in [0.717, 1.165) is 21.7 Å². The van der Waals surface area contributed by atoms with E-state index in [1.807, 2.05) is 0 Å². The highest BCUT2D eigenvalue weighted by Gasteiger charge is 2.35. The number of hydrogen-bond donors (Lipinski definition) is 1. The number of rotatable bonds is 4. The minimum absolute atomic E-state index is 0.0636. The lowest BCUT2D eigenvalue weighted by atomic mass is 10.3. The Morgan fingerprint density at radius 1 is 1.52 bits per heavy atom. The molecule has 1 fully saturated rings. The molecule has 21 heavy (non-hydrogen) atoms.